The summed E-state index contributed by atoms with van der Waals surface area (Å²) in [5.41, 5.74) is 6.30. The summed E-state index contributed by atoms with van der Waals surface area (Å²) in [5, 5.41) is 17.8. The van der Waals surface area contributed by atoms with E-state index in [1.807, 2.05) is 38.1 Å². The van der Waals surface area contributed by atoms with E-state index in [0.717, 1.165) is 44.7 Å². The van der Waals surface area contributed by atoms with Crippen LogP contribution in [0.5, 0.6) is 0 Å². The van der Waals surface area contributed by atoms with Crippen LogP contribution in [0.3, 0.4) is 0 Å². The molecule has 4 rings (SSSR count). The van der Waals surface area contributed by atoms with Crippen molar-refractivity contribution in [3.8, 4) is 28.6 Å². The number of nitriles is 1. The second-order valence-corrected chi connectivity index (χ2v) is 6.50. The van der Waals surface area contributed by atoms with E-state index in [9.17, 15) is 5.26 Å². The van der Waals surface area contributed by atoms with E-state index >= 15 is 0 Å². The van der Waals surface area contributed by atoms with Crippen molar-refractivity contribution >= 4 is 22.5 Å². The molecular weight excluding hydrogens is 346 g/mol. The maximum Gasteiger partial charge on any atom is 0.0994 e. The molecule has 26 heavy (non-hydrogen) atoms. The number of H-pyrrole nitrogens is 1. The van der Waals surface area contributed by atoms with Gasteiger partial charge in [-0.1, -0.05) is 23.7 Å². The molecule has 4 aromatic rings. The SMILES string of the molecule is Cc1cnc(-c2cc(Cl)c3[nH]ncc3c2)c(-c2cccc(C#N)c2C)n1. The molecular formula is C20H14ClN5. The first-order chi connectivity index (χ1) is 12.6. The fourth-order valence-electron chi connectivity index (χ4n) is 3.04. The summed E-state index contributed by atoms with van der Waals surface area (Å²) in [6.07, 6.45) is 3.46. The van der Waals surface area contributed by atoms with Gasteiger partial charge in [0.2, 0.25) is 0 Å². The van der Waals surface area contributed by atoms with Gasteiger partial charge in [0.15, 0.2) is 0 Å². The highest BCUT2D eigenvalue weighted by Crippen LogP contribution is 2.35. The molecule has 0 radical (unpaired) electrons. The molecule has 2 aromatic carbocycles. The molecule has 0 spiro atoms. The molecule has 0 amide bonds. The van der Waals surface area contributed by atoms with Gasteiger partial charge in [0, 0.05) is 22.7 Å². The zero-order valence-corrected chi connectivity index (χ0v) is 15.0. The predicted molar refractivity (Wildman–Crippen MR) is 102 cm³/mol. The predicted octanol–water partition coefficient (Wildman–Crippen LogP) is 4.83. The minimum Gasteiger partial charge on any atom is -0.276 e. The first-order valence-electron chi connectivity index (χ1n) is 8.05. The molecule has 2 heterocycles. The lowest BCUT2D eigenvalue weighted by Gasteiger charge is -2.13. The van der Waals surface area contributed by atoms with Gasteiger partial charge < -0.3 is 0 Å². The average Bonchev–Trinajstić information content (AvgIpc) is 3.11. The van der Waals surface area contributed by atoms with Gasteiger partial charge in [0.25, 0.3) is 0 Å². The number of hydrogen-bond donors (Lipinski definition) is 1. The summed E-state index contributed by atoms with van der Waals surface area (Å²) < 4.78 is 0. The Bertz CT molecular complexity index is 1190. The average molecular weight is 360 g/mol. The molecule has 0 unspecified atom stereocenters. The number of nitrogens with zero attached hydrogens (tertiary/aromatic N) is 4. The highest BCUT2D eigenvalue weighted by atomic mass is 35.5. The van der Waals surface area contributed by atoms with Gasteiger partial charge in [-0.05, 0) is 37.6 Å². The number of aromatic amines is 1. The summed E-state index contributed by atoms with van der Waals surface area (Å²) >= 11 is 6.40. The Morgan fingerprint density at radius 1 is 1.12 bits per heavy atom. The van der Waals surface area contributed by atoms with E-state index in [1.165, 1.54) is 0 Å². The first-order valence-corrected chi connectivity index (χ1v) is 8.43. The molecule has 0 aliphatic carbocycles. The second kappa shape index (κ2) is 6.25. The molecule has 1 N–H and O–H groups in total. The van der Waals surface area contributed by atoms with Gasteiger partial charge >= 0.3 is 0 Å². The Hall–Kier alpha value is -3.23. The Morgan fingerprint density at radius 2 is 1.96 bits per heavy atom. The third-order valence-corrected chi connectivity index (χ3v) is 4.67. The number of aromatic nitrogens is 4. The molecule has 6 heteroatoms. The minimum absolute atomic E-state index is 0.575. The van der Waals surface area contributed by atoms with Gasteiger partial charge in [-0.2, -0.15) is 10.4 Å². The van der Waals surface area contributed by atoms with Crippen molar-refractivity contribution in [1.82, 2.24) is 20.2 Å². The number of nitrogens with one attached hydrogen (secondary N) is 1. The Balaban J connectivity index is 2.00. The van der Waals surface area contributed by atoms with E-state index in [0.29, 0.717) is 10.6 Å². The Labute approximate surface area is 155 Å². The largest absolute Gasteiger partial charge is 0.276 e. The van der Waals surface area contributed by atoms with Crippen LogP contribution in [0.1, 0.15) is 16.8 Å². The fraction of sp³-hybridized carbons (Fsp3) is 0.100. The summed E-state index contributed by atoms with van der Waals surface area (Å²) in [6.45, 7) is 3.82. The summed E-state index contributed by atoms with van der Waals surface area (Å²) in [5.74, 6) is 0. The topological polar surface area (TPSA) is 78.2 Å². The quantitative estimate of drug-likeness (QED) is 0.556. The van der Waals surface area contributed by atoms with Gasteiger partial charge in [-0.15, -0.1) is 0 Å². The molecule has 0 atom stereocenters. The van der Waals surface area contributed by atoms with Crippen molar-refractivity contribution in [3.63, 3.8) is 0 Å². The van der Waals surface area contributed by atoms with Gasteiger partial charge in [0.1, 0.15) is 0 Å². The van der Waals surface area contributed by atoms with Gasteiger partial charge in [0.05, 0.1) is 45.5 Å². The number of fused-ring (bicyclic) bond motifs is 1. The molecule has 0 bridgehead atoms. The van der Waals surface area contributed by atoms with Crippen molar-refractivity contribution in [2.45, 2.75) is 13.8 Å². The van der Waals surface area contributed by atoms with Gasteiger partial charge in [-0.3, -0.25) is 10.1 Å². The lowest BCUT2D eigenvalue weighted by Crippen LogP contribution is -1.98. The van der Waals surface area contributed by atoms with Crippen molar-refractivity contribution in [1.29, 1.82) is 5.26 Å². The van der Waals surface area contributed by atoms with E-state index in [1.54, 1.807) is 18.5 Å². The number of halogens is 1. The van der Waals surface area contributed by atoms with Crippen molar-refractivity contribution in [2.24, 2.45) is 0 Å². The summed E-state index contributed by atoms with van der Waals surface area (Å²) in [7, 11) is 0. The molecule has 0 saturated carbocycles. The van der Waals surface area contributed by atoms with E-state index < -0.39 is 0 Å². The number of rotatable bonds is 2. The molecule has 0 saturated heterocycles. The van der Waals surface area contributed by atoms with Crippen LogP contribution in [-0.4, -0.2) is 20.2 Å². The molecule has 0 aliphatic rings. The summed E-state index contributed by atoms with van der Waals surface area (Å²) in [6, 6.07) is 11.7. The number of benzene rings is 2. The maximum absolute atomic E-state index is 9.35. The lowest BCUT2D eigenvalue weighted by atomic mass is 9.96. The van der Waals surface area contributed by atoms with Crippen LogP contribution in [0.4, 0.5) is 0 Å². The number of hydrogen-bond acceptors (Lipinski definition) is 4. The smallest absolute Gasteiger partial charge is 0.0994 e. The van der Waals surface area contributed by atoms with Crippen LogP contribution in [-0.2, 0) is 0 Å². The van der Waals surface area contributed by atoms with Crippen LogP contribution >= 0.6 is 11.6 Å². The fourth-order valence-corrected chi connectivity index (χ4v) is 3.31. The normalized spacial score (nSPS) is 10.8. The van der Waals surface area contributed by atoms with E-state index in [4.69, 9.17) is 16.6 Å². The molecule has 126 valence electrons. The highest BCUT2D eigenvalue weighted by molar-refractivity contribution is 6.35. The molecule has 5 nitrogen and oxygen atoms in total. The maximum atomic E-state index is 9.35. The lowest BCUT2D eigenvalue weighted by molar-refractivity contribution is 1.12. The van der Waals surface area contributed by atoms with Crippen LogP contribution in [0.15, 0.2) is 42.7 Å². The van der Waals surface area contributed by atoms with Crippen molar-refractivity contribution < 1.29 is 0 Å². The van der Waals surface area contributed by atoms with Crippen LogP contribution in [0.2, 0.25) is 5.02 Å². The third-order valence-electron chi connectivity index (χ3n) is 4.38. The highest BCUT2D eigenvalue weighted by Gasteiger charge is 2.16. The zero-order chi connectivity index (χ0) is 18.3. The zero-order valence-electron chi connectivity index (χ0n) is 14.2. The monoisotopic (exact) mass is 359 g/mol. The van der Waals surface area contributed by atoms with Gasteiger partial charge in [-0.25, -0.2) is 4.98 Å². The third kappa shape index (κ3) is 2.61. The van der Waals surface area contributed by atoms with Crippen LogP contribution < -0.4 is 0 Å². The van der Waals surface area contributed by atoms with Crippen LogP contribution in [0, 0.1) is 25.2 Å². The van der Waals surface area contributed by atoms with Crippen molar-refractivity contribution in [3.05, 3.63) is 64.6 Å². The summed E-state index contributed by atoms with van der Waals surface area (Å²) in [4.78, 5) is 9.33. The van der Waals surface area contributed by atoms with E-state index in [2.05, 4.69) is 21.3 Å². The van der Waals surface area contributed by atoms with Crippen molar-refractivity contribution in [2.75, 3.05) is 0 Å². The Kier molecular flexibility index (Phi) is 3.90. The molecule has 0 aliphatic heterocycles. The van der Waals surface area contributed by atoms with Crippen LogP contribution in [0.25, 0.3) is 33.4 Å². The molecule has 0 fully saturated rings. The molecule has 2 aromatic heterocycles. The second-order valence-electron chi connectivity index (χ2n) is 6.09. The number of aryl methyl sites for hydroxylation is 1. The minimum atomic E-state index is 0.575. The Morgan fingerprint density at radius 3 is 2.77 bits per heavy atom. The first kappa shape index (κ1) is 16.2. The van der Waals surface area contributed by atoms with E-state index in [-0.39, 0.29) is 0 Å². The standard InChI is InChI=1S/C20H14ClN5/c1-11-9-23-19(14-6-15-10-24-26-18(15)17(21)7-14)20(25-11)16-5-3-4-13(8-22)12(16)2/h3-7,9-10H,1-2H3,(H,24,26).